The van der Waals surface area contributed by atoms with E-state index in [9.17, 15) is 13.2 Å². The first kappa shape index (κ1) is 15.6. The molecule has 1 N–H and O–H groups in total. The number of hydrogen-bond acceptors (Lipinski definition) is 6. The number of carbonyl (C=O) groups is 1. The average molecular weight is 291 g/mol. The topological polar surface area (TPSA) is 99.5 Å². The van der Waals surface area contributed by atoms with Gasteiger partial charge in [-0.25, -0.2) is 13.1 Å². The van der Waals surface area contributed by atoms with Gasteiger partial charge in [0.25, 0.3) is 10.0 Å². The molecule has 8 nitrogen and oxygen atoms in total. The van der Waals surface area contributed by atoms with E-state index in [1.54, 1.807) is 0 Å². The van der Waals surface area contributed by atoms with Gasteiger partial charge < -0.3 is 9.47 Å². The Morgan fingerprint density at radius 2 is 2.11 bits per heavy atom. The Morgan fingerprint density at radius 3 is 2.63 bits per heavy atom. The monoisotopic (exact) mass is 291 g/mol. The van der Waals surface area contributed by atoms with Crippen LogP contribution in [0.4, 0.5) is 0 Å². The standard InChI is InChI=1S/C10H17N3O5S/c1-10(2,9(14)18-4)12-19(15,16)8-5-6-11-13(8)7-17-3/h5-6,12H,7H2,1-4H3. The van der Waals surface area contributed by atoms with Crippen LogP contribution in [0.25, 0.3) is 0 Å². The molecule has 1 aromatic heterocycles. The van der Waals surface area contributed by atoms with Gasteiger partial charge in [0.2, 0.25) is 0 Å². The highest BCUT2D eigenvalue weighted by Gasteiger charge is 2.35. The summed E-state index contributed by atoms with van der Waals surface area (Å²) < 4.78 is 37.2. The number of carbonyl (C=O) groups excluding carboxylic acids is 1. The molecule has 0 aliphatic heterocycles. The smallest absolute Gasteiger partial charge is 0.326 e. The lowest BCUT2D eigenvalue weighted by molar-refractivity contribution is -0.146. The quantitative estimate of drug-likeness (QED) is 0.723. The predicted octanol–water partition coefficient (Wildman–Crippen LogP) is -0.283. The highest BCUT2D eigenvalue weighted by molar-refractivity contribution is 7.89. The highest BCUT2D eigenvalue weighted by Crippen LogP contribution is 2.14. The van der Waals surface area contributed by atoms with E-state index in [0.717, 1.165) is 4.68 Å². The van der Waals surface area contributed by atoms with E-state index >= 15 is 0 Å². The summed E-state index contributed by atoms with van der Waals surface area (Å²) in [6.07, 6.45) is 1.33. The summed E-state index contributed by atoms with van der Waals surface area (Å²) in [7, 11) is -1.30. The number of ether oxygens (including phenoxy) is 2. The van der Waals surface area contributed by atoms with Crippen molar-refractivity contribution in [2.75, 3.05) is 14.2 Å². The van der Waals surface area contributed by atoms with Crippen molar-refractivity contribution in [3.05, 3.63) is 12.3 Å². The Kier molecular flexibility index (Phi) is 4.66. The molecule has 0 atom stereocenters. The molecule has 19 heavy (non-hydrogen) atoms. The molecule has 0 amide bonds. The molecule has 0 saturated carbocycles. The van der Waals surface area contributed by atoms with Crippen molar-refractivity contribution in [1.82, 2.24) is 14.5 Å². The Bertz CT molecular complexity index is 549. The first-order valence-corrected chi connectivity index (χ1v) is 6.86. The summed E-state index contributed by atoms with van der Waals surface area (Å²) >= 11 is 0. The fourth-order valence-corrected chi connectivity index (χ4v) is 2.93. The third-order valence-corrected chi connectivity index (χ3v) is 3.97. The second kappa shape index (κ2) is 5.68. The van der Waals surface area contributed by atoms with Gasteiger partial charge in [-0.1, -0.05) is 0 Å². The number of rotatable bonds is 6. The van der Waals surface area contributed by atoms with E-state index in [4.69, 9.17) is 4.74 Å². The number of aromatic nitrogens is 2. The lowest BCUT2D eigenvalue weighted by Gasteiger charge is -2.22. The molecular weight excluding hydrogens is 274 g/mol. The molecule has 0 bridgehead atoms. The van der Waals surface area contributed by atoms with E-state index in [2.05, 4.69) is 14.6 Å². The van der Waals surface area contributed by atoms with Gasteiger partial charge in [0.15, 0.2) is 5.03 Å². The molecule has 1 heterocycles. The van der Waals surface area contributed by atoms with Gasteiger partial charge in [-0.2, -0.15) is 9.82 Å². The zero-order valence-electron chi connectivity index (χ0n) is 11.2. The molecule has 0 fully saturated rings. The minimum atomic E-state index is -3.91. The fourth-order valence-electron chi connectivity index (χ4n) is 1.45. The average Bonchev–Trinajstić information content (AvgIpc) is 2.76. The Balaban J connectivity index is 3.05. The van der Waals surface area contributed by atoms with Crippen LogP contribution in [-0.2, 0) is 31.0 Å². The number of nitrogens with zero attached hydrogens (tertiary/aromatic N) is 2. The number of hydrogen-bond donors (Lipinski definition) is 1. The van der Waals surface area contributed by atoms with E-state index in [1.807, 2.05) is 0 Å². The molecule has 9 heteroatoms. The van der Waals surface area contributed by atoms with Gasteiger partial charge in [0.05, 0.1) is 13.3 Å². The first-order valence-electron chi connectivity index (χ1n) is 5.38. The molecule has 0 saturated heterocycles. The molecule has 0 aliphatic carbocycles. The lowest BCUT2D eigenvalue weighted by Crippen LogP contribution is -2.50. The van der Waals surface area contributed by atoms with Crippen LogP contribution in [0.2, 0.25) is 0 Å². The lowest BCUT2D eigenvalue weighted by atomic mass is 10.1. The first-order chi connectivity index (χ1) is 8.74. The van der Waals surface area contributed by atoms with E-state index in [0.29, 0.717) is 0 Å². The molecule has 1 aromatic rings. The Hall–Kier alpha value is -1.45. The maximum atomic E-state index is 12.2. The van der Waals surface area contributed by atoms with Gasteiger partial charge in [-0.15, -0.1) is 0 Å². The maximum Gasteiger partial charge on any atom is 0.326 e. The zero-order chi connectivity index (χ0) is 14.7. The van der Waals surface area contributed by atoms with Crippen LogP contribution in [0.1, 0.15) is 13.8 Å². The zero-order valence-corrected chi connectivity index (χ0v) is 12.0. The van der Waals surface area contributed by atoms with Gasteiger partial charge in [0, 0.05) is 7.11 Å². The molecule has 108 valence electrons. The fraction of sp³-hybridized carbons (Fsp3) is 0.600. The van der Waals surface area contributed by atoms with Crippen LogP contribution in [0.3, 0.4) is 0 Å². The van der Waals surface area contributed by atoms with Crippen LogP contribution < -0.4 is 4.72 Å². The predicted molar refractivity (Wildman–Crippen MR) is 65.7 cm³/mol. The largest absolute Gasteiger partial charge is 0.468 e. The van der Waals surface area contributed by atoms with Crippen molar-refractivity contribution in [2.45, 2.75) is 31.1 Å². The van der Waals surface area contributed by atoms with Crippen molar-refractivity contribution in [1.29, 1.82) is 0 Å². The molecular formula is C10H17N3O5S. The van der Waals surface area contributed by atoms with E-state index in [1.165, 1.54) is 40.3 Å². The van der Waals surface area contributed by atoms with Gasteiger partial charge >= 0.3 is 5.97 Å². The molecule has 0 aliphatic rings. The number of esters is 1. The van der Waals surface area contributed by atoms with Gasteiger partial charge in [0.1, 0.15) is 12.3 Å². The minimum Gasteiger partial charge on any atom is -0.468 e. The third kappa shape index (κ3) is 3.52. The van der Waals surface area contributed by atoms with Crippen molar-refractivity contribution >= 4 is 16.0 Å². The summed E-state index contributed by atoms with van der Waals surface area (Å²) in [5, 5.41) is 3.73. The summed E-state index contributed by atoms with van der Waals surface area (Å²) in [4.78, 5) is 11.5. The second-order valence-electron chi connectivity index (χ2n) is 4.31. The summed E-state index contributed by atoms with van der Waals surface area (Å²) in [5.74, 6) is -0.686. The van der Waals surface area contributed by atoms with Crippen molar-refractivity contribution in [2.24, 2.45) is 0 Å². The number of sulfonamides is 1. The summed E-state index contributed by atoms with van der Waals surface area (Å²) in [5.41, 5.74) is -1.38. The second-order valence-corrected chi connectivity index (χ2v) is 5.94. The van der Waals surface area contributed by atoms with Crippen molar-refractivity contribution < 1.29 is 22.7 Å². The van der Waals surface area contributed by atoms with Crippen LogP contribution in [0.15, 0.2) is 17.3 Å². The Labute approximate surface area is 111 Å². The maximum absolute atomic E-state index is 12.2. The van der Waals surface area contributed by atoms with E-state index < -0.39 is 21.5 Å². The molecule has 1 rings (SSSR count). The van der Waals surface area contributed by atoms with Gasteiger partial charge in [-0.05, 0) is 19.9 Å². The highest BCUT2D eigenvalue weighted by atomic mass is 32.2. The minimum absolute atomic E-state index is 0.0120. The van der Waals surface area contributed by atoms with Crippen molar-refractivity contribution in [3.8, 4) is 0 Å². The SMILES string of the molecule is COCn1nccc1S(=O)(=O)NC(C)(C)C(=O)OC. The Morgan fingerprint density at radius 1 is 1.47 bits per heavy atom. The summed E-state index contributed by atoms with van der Waals surface area (Å²) in [6, 6.07) is 1.31. The summed E-state index contributed by atoms with van der Waals surface area (Å²) in [6.45, 7) is 2.81. The van der Waals surface area contributed by atoms with Crippen LogP contribution in [-0.4, -0.2) is 43.9 Å². The van der Waals surface area contributed by atoms with Crippen LogP contribution in [0.5, 0.6) is 0 Å². The van der Waals surface area contributed by atoms with Gasteiger partial charge in [-0.3, -0.25) is 4.79 Å². The normalized spacial score (nSPS) is 12.4. The number of methoxy groups -OCH3 is 2. The molecule has 0 aromatic carbocycles. The van der Waals surface area contributed by atoms with E-state index in [-0.39, 0.29) is 11.8 Å². The molecule has 0 unspecified atom stereocenters. The van der Waals surface area contributed by atoms with Crippen LogP contribution >= 0.6 is 0 Å². The molecule has 0 spiro atoms. The number of nitrogens with one attached hydrogen (secondary N) is 1. The van der Waals surface area contributed by atoms with Crippen LogP contribution in [0, 0.1) is 0 Å². The molecule has 0 radical (unpaired) electrons. The van der Waals surface area contributed by atoms with Crippen molar-refractivity contribution in [3.63, 3.8) is 0 Å². The third-order valence-electron chi connectivity index (χ3n) is 2.29.